The van der Waals surface area contributed by atoms with E-state index in [1.807, 2.05) is 24.3 Å². The van der Waals surface area contributed by atoms with E-state index >= 15 is 0 Å². The highest BCUT2D eigenvalue weighted by atomic mass is 32.2. The summed E-state index contributed by atoms with van der Waals surface area (Å²) in [5.74, 6) is 0.605. The summed E-state index contributed by atoms with van der Waals surface area (Å²) >= 11 is 0. The molecule has 8 nitrogen and oxygen atoms in total. The van der Waals surface area contributed by atoms with Crippen molar-refractivity contribution in [3.63, 3.8) is 0 Å². The molecule has 1 fully saturated rings. The van der Waals surface area contributed by atoms with E-state index in [1.165, 1.54) is 12.3 Å². The Morgan fingerprint density at radius 1 is 1.10 bits per heavy atom. The second kappa shape index (κ2) is 8.00. The highest BCUT2D eigenvalue weighted by Gasteiger charge is 2.24. The number of benzene rings is 1. The monoisotopic (exact) mass is 425 g/mol. The average Bonchev–Trinajstić information content (AvgIpc) is 2.76. The van der Waals surface area contributed by atoms with Gasteiger partial charge in [-0.05, 0) is 29.8 Å². The van der Waals surface area contributed by atoms with E-state index in [9.17, 15) is 13.2 Å². The van der Waals surface area contributed by atoms with Gasteiger partial charge >= 0.3 is 0 Å². The number of anilines is 1. The van der Waals surface area contributed by atoms with Crippen LogP contribution in [-0.4, -0.2) is 48.8 Å². The molecule has 0 radical (unpaired) electrons. The Kier molecular flexibility index (Phi) is 5.40. The van der Waals surface area contributed by atoms with Crippen molar-refractivity contribution in [3.05, 3.63) is 70.8 Å². The Balaban J connectivity index is 1.63. The number of nitrogens with zero attached hydrogens (tertiary/aromatic N) is 4. The first-order chi connectivity index (χ1) is 14.3. The van der Waals surface area contributed by atoms with Gasteiger partial charge in [-0.15, -0.1) is 0 Å². The second-order valence-corrected chi connectivity index (χ2v) is 9.38. The van der Waals surface area contributed by atoms with Crippen molar-refractivity contribution in [2.45, 2.75) is 10.9 Å². The van der Waals surface area contributed by atoms with Gasteiger partial charge in [0.1, 0.15) is 0 Å². The molecule has 1 aromatic carbocycles. The summed E-state index contributed by atoms with van der Waals surface area (Å²) in [6.45, 7) is 2.03. The molecule has 0 saturated carbocycles. The molecular formula is C21H23N5O3S. The van der Waals surface area contributed by atoms with E-state index in [1.54, 1.807) is 36.1 Å². The van der Waals surface area contributed by atoms with E-state index in [0.29, 0.717) is 36.2 Å². The predicted molar refractivity (Wildman–Crippen MR) is 115 cm³/mol. The molecule has 156 valence electrons. The number of hydrogen-bond acceptors (Lipinski definition) is 7. The fourth-order valence-electron chi connectivity index (χ4n) is 3.58. The number of rotatable bonds is 4. The van der Waals surface area contributed by atoms with Gasteiger partial charge in [-0.25, -0.2) is 13.4 Å². The van der Waals surface area contributed by atoms with Gasteiger partial charge in [-0.1, -0.05) is 12.1 Å². The maximum atomic E-state index is 12.6. The summed E-state index contributed by atoms with van der Waals surface area (Å²) in [5, 5.41) is 3.46. The fourth-order valence-corrected chi connectivity index (χ4v) is 4.21. The molecule has 1 aliphatic rings. The minimum atomic E-state index is -3.23. The standard InChI is InChI=1S/C21H23N5O3S/c1-25-20(27)13-18(16-7-9-22-10-8-16)24-21(25)26-12-11-23-19(14-26)15-3-5-17(6-4-15)30(2,28)29/h3-10,13,19,23H,11-12,14H2,1-2H3. The zero-order chi connectivity index (χ0) is 21.3. The number of piperazine rings is 1. The molecule has 1 unspecified atom stereocenters. The van der Waals surface area contributed by atoms with Crippen molar-refractivity contribution in [3.8, 4) is 11.3 Å². The van der Waals surface area contributed by atoms with Crippen LogP contribution in [-0.2, 0) is 16.9 Å². The Morgan fingerprint density at radius 3 is 2.47 bits per heavy atom. The topological polar surface area (TPSA) is 97.2 Å². The summed E-state index contributed by atoms with van der Waals surface area (Å²) in [5.41, 5.74) is 2.32. The predicted octanol–water partition coefficient (Wildman–Crippen LogP) is 1.40. The Hall–Kier alpha value is -3.04. The molecule has 2 aromatic heterocycles. The van der Waals surface area contributed by atoms with Crippen LogP contribution in [0, 0.1) is 0 Å². The second-order valence-electron chi connectivity index (χ2n) is 7.37. The molecule has 0 aliphatic carbocycles. The molecule has 0 bridgehead atoms. The van der Waals surface area contributed by atoms with Crippen molar-refractivity contribution in [2.75, 3.05) is 30.8 Å². The van der Waals surface area contributed by atoms with Gasteiger partial charge in [0.2, 0.25) is 5.95 Å². The van der Waals surface area contributed by atoms with Crippen LogP contribution in [0.25, 0.3) is 11.3 Å². The van der Waals surface area contributed by atoms with Crippen LogP contribution in [0.15, 0.2) is 64.5 Å². The van der Waals surface area contributed by atoms with Crippen molar-refractivity contribution >= 4 is 15.8 Å². The number of nitrogens with one attached hydrogen (secondary N) is 1. The first-order valence-electron chi connectivity index (χ1n) is 9.60. The lowest BCUT2D eigenvalue weighted by atomic mass is 10.0. The van der Waals surface area contributed by atoms with Crippen LogP contribution in [0.4, 0.5) is 5.95 Å². The van der Waals surface area contributed by atoms with Gasteiger partial charge in [0.15, 0.2) is 9.84 Å². The van der Waals surface area contributed by atoms with Crippen molar-refractivity contribution < 1.29 is 8.42 Å². The normalized spacial score (nSPS) is 17.1. The highest BCUT2D eigenvalue weighted by molar-refractivity contribution is 7.90. The van der Waals surface area contributed by atoms with Gasteiger partial charge in [-0.2, -0.15) is 0 Å². The first-order valence-corrected chi connectivity index (χ1v) is 11.5. The zero-order valence-electron chi connectivity index (χ0n) is 16.8. The molecular weight excluding hydrogens is 402 g/mol. The third-order valence-electron chi connectivity index (χ3n) is 5.26. The lowest BCUT2D eigenvalue weighted by molar-refractivity contribution is 0.462. The molecule has 3 aromatic rings. The van der Waals surface area contributed by atoms with Gasteiger partial charge in [0.25, 0.3) is 5.56 Å². The van der Waals surface area contributed by atoms with Gasteiger partial charge in [0, 0.05) is 63.0 Å². The Labute approximate surface area is 175 Å². The van der Waals surface area contributed by atoms with Gasteiger partial charge in [-0.3, -0.25) is 14.3 Å². The smallest absolute Gasteiger partial charge is 0.255 e. The lowest BCUT2D eigenvalue weighted by Crippen LogP contribution is -2.47. The summed E-state index contributed by atoms with van der Waals surface area (Å²) < 4.78 is 25.0. The molecule has 0 spiro atoms. The lowest BCUT2D eigenvalue weighted by Gasteiger charge is -2.35. The van der Waals surface area contributed by atoms with Crippen LogP contribution < -0.4 is 15.8 Å². The van der Waals surface area contributed by atoms with Crippen LogP contribution in [0.1, 0.15) is 11.6 Å². The summed E-state index contributed by atoms with van der Waals surface area (Å²) in [4.78, 5) is 23.7. The number of sulfone groups is 1. The largest absolute Gasteiger partial charge is 0.339 e. The van der Waals surface area contributed by atoms with Gasteiger partial charge in [0.05, 0.1) is 10.6 Å². The third-order valence-corrected chi connectivity index (χ3v) is 6.38. The van der Waals surface area contributed by atoms with E-state index in [-0.39, 0.29) is 11.6 Å². The van der Waals surface area contributed by atoms with Crippen molar-refractivity contribution in [1.29, 1.82) is 0 Å². The van der Waals surface area contributed by atoms with Crippen LogP contribution >= 0.6 is 0 Å². The molecule has 1 atom stereocenters. The molecule has 1 N–H and O–H groups in total. The first kappa shape index (κ1) is 20.2. The summed E-state index contributed by atoms with van der Waals surface area (Å²) in [6.07, 6.45) is 4.55. The number of pyridine rings is 1. The molecule has 1 saturated heterocycles. The van der Waals surface area contributed by atoms with E-state index in [0.717, 1.165) is 11.1 Å². The fraction of sp³-hybridized carbons (Fsp3) is 0.286. The van der Waals surface area contributed by atoms with E-state index in [4.69, 9.17) is 4.98 Å². The highest BCUT2D eigenvalue weighted by Crippen LogP contribution is 2.24. The quantitative estimate of drug-likeness (QED) is 0.675. The molecule has 3 heterocycles. The van der Waals surface area contributed by atoms with E-state index in [2.05, 4.69) is 15.2 Å². The number of aromatic nitrogens is 3. The minimum Gasteiger partial charge on any atom is -0.339 e. The maximum absolute atomic E-state index is 12.6. The summed E-state index contributed by atoms with van der Waals surface area (Å²) in [7, 11) is -1.51. The molecule has 9 heteroatoms. The SMILES string of the molecule is Cn1c(N2CCNC(c3ccc(S(C)(=O)=O)cc3)C2)nc(-c2ccncc2)cc1=O. The average molecular weight is 426 g/mol. The minimum absolute atomic E-state index is 0.00570. The van der Waals surface area contributed by atoms with Gasteiger partial charge < -0.3 is 10.2 Å². The molecule has 0 amide bonds. The van der Waals surface area contributed by atoms with E-state index < -0.39 is 9.84 Å². The third kappa shape index (κ3) is 4.12. The Morgan fingerprint density at radius 2 is 1.80 bits per heavy atom. The molecule has 4 rings (SSSR count). The Bertz CT molecular complexity index is 1210. The number of hydrogen-bond donors (Lipinski definition) is 1. The molecule has 1 aliphatic heterocycles. The van der Waals surface area contributed by atoms with Crippen molar-refractivity contribution in [2.24, 2.45) is 7.05 Å². The zero-order valence-corrected chi connectivity index (χ0v) is 17.6. The van der Waals surface area contributed by atoms with Crippen molar-refractivity contribution in [1.82, 2.24) is 19.9 Å². The maximum Gasteiger partial charge on any atom is 0.255 e. The van der Waals surface area contributed by atoms with Crippen LogP contribution in [0.3, 0.4) is 0 Å². The molecule has 30 heavy (non-hydrogen) atoms. The summed E-state index contributed by atoms with van der Waals surface area (Å²) in [6, 6.07) is 12.1. The van der Waals surface area contributed by atoms with Crippen LogP contribution in [0.5, 0.6) is 0 Å². The van der Waals surface area contributed by atoms with Crippen LogP contribution in [0.2, 0.25) is 0 Å².